The van der Waals surface area contributed by atoms with Crippen molar-refractivity contribution in [1.29, 1.82) is 0 Å². The van der Waals surface area contributed by atoms with Gasteiger partial charge >= 0.3 is 6.09 Å². The number of rotatable bonds is 3. The van der Waals surface area contributed by atoms with Crippen LogP contribution in [-0.4, -0.2) is 52.3 Å². The lowest BCUT2D eigenvalue weighted by molar-refractivity contribution is -0.629. The first-order valence-electron chi connectivity index (χ1n) is 8.05. The minimum atomic E-state index is -0.808. The van der Waals surface area contributed by atoms with Crippen LogP contribution in [0.3, 0.4) is 0 Å². The molecule has 0 heterocycles. The summed E-state index contributed by atoms with van der Waals surface area (Å²) in [6.45, 7) is 5.92. The van der Waals surface area contributed by atoms with Gasteiger partial charge in [0, 0.05) is 12.6 Å². The van der Waals surface area contributed by atoms with E-state index in [1.807, 2.05) is 20.8 Å². The maximum atomic E-state index is 12.6. The largest absolute Gasteiger partial charge is 0.465 e. The Labute approximate surface area is 129 Å². The second kappa shape index (κ2) is 3.03. The summed E-state index contributed by atoms with van der Waals surface area (Å²) in [6, 6.07) is 0. The van der Waals surface area contributed by atoms with E-state index in [0.29, 0.717) is 35.5 Å². The molecule has 0 saturated heterocycles. The summed E-state index contributed by atoms with van der Waals surface area (Å²) in [5.41, 5.74) is -0.710. The molecule has 0 unspecified atom stereocenters. The van der Waals surface area contributed by atoms with Crippen molar-refractivity contribution in [3.63, 3.8) is 0 Å². The Morgan fingerprint density at radius 2 is 1.50 bits per heavy atom. The fourth-order valence-electron chi connectivity index (χ4n) is 7.73. The van der Waals surface area contributed by atoms with Crippen LogP contribution in [0.15, 0.2) is 0 Å². The molecule has 0 aromatic rings. The number of nitrogens with zero attached hydrogens (tertiary/aromatic N) is 2. The van der Waals surface area contributed by atoms with Crippen LogP contribution in [0.5, 0.6) is 0 Å². The van der Waals surface area contributed by atoms with E-state index in [0.717, 1.165) is 0 Å². The first-order chi connectivity index (χ1) is 10.2. The first kappa shape index (κ1) is 13.2. The van der Waals surface area contributed by atoms with E-state index in [1.54, 1.807) is 11.9 Å². The number of hydrogen-bond acceptors (Lipinski definition) is 3. The highest BCUT2D eigenvalue weighted by atomic mass is 16.7. The molecule has 0 aromatic heterocycles. The fraction of sp³-hybridized carbons (Fsp3) is 0.875. The van der Waals surface area contributed by atoms with Crippen molar-refractivity contribution in [2.75, 3.05) is 14.2 Å². The molecule has 0 radical (unpaired) electrons. The van der Waals surface area contributed by atoms with Crippen LogP contribution in [0.1, 0.15) is 20.8 Å². The molecule has 0 bridgehead atoms. The highest BCUT2D eigenvalue weighted by molar-refractivity contribution is 5.93. The topological polar surface area (TPSA) is 70.1 Å². The van der Waals surface area contributed by atoms with Crippen LogP contribution >= 0.6 is 0 Å². The van der Waals surface area contributed by atoms with Gasteiger partial charge in [0.2, 0.25) is 0 Å². The molecule has 22 heavy (non-hydrogen) atoms. The van der Waals surface area contributed by atoms with E-state index in [-0.39, 0.29) is 22.4 Å². The van der Waals surface area contributed by atoms with Gasteiger partial charge in [-0.3, -0.25) is 14.5 Å². The lowest BCUT2D eigenvalue weighted by Crippen LogP contribution is -3.16. The summed E-state index contributed by atoms with van der Waals surface area (Å²) >= 11 is 0. The number of hydroxylamine groups is 2. The molecule has 2 amide bonds. The van der Waals surface area contributed by atoms with E-state index < -0.39 is 6.09 Å². The molecule has 0 aliphatic heterocycles. The number of amides is 2. The van der Waals surface area contributed by atoms with Gasteiger partial charge in [-0.25, -0.2) is 9.86 Å². The molecule has 6 saturated carbocycles. The SMILES string of the molecule is CON(C)C(=O)C12C3C4C1C1C2C3C41N(C(=O)O)C(C)(C)C. The molecule has 6 nitrogen and oxygen atoms in total. The molecule has 0 atom stereocenters. The van der Waals surface area contributed by atoms with E-state index in [1.165, 1.54) is 12.2 Å². The molecule has 6 aliphatic rings. The smallest absolute Gasteiger partial charge is 0.408 e. The van der Waals surface area contributed by atoms with Gasteiger partial charge < -0.3 is 5.11 Å². The Bertz CT molecular complexity index is 583. The third-order valence-electron chi connectivity index (χ3n) is 7.76. The normalized spacial score (nSPS) is 53.9. The average Bonchev–Trinajstić information content (AvgIpc) is 2.44. The quantitative estimate of drug-likeness (QED) is 0.797. The molecule has 6 heteroatoms. The van der Waals surface area contributed by atoms with Crippen LogP contribution < -0.4 is 0 Å². The maximum absolute atomic E-state index is 12.6. The van der Waals surface area contributed by atoms with Gasteiger partial charge in [0.1, 0.15) is 0 Å². The lowest BCUT2D eigenvalue weighted by atomic mass is 8.93. The zero-order valence-corrected chi connectivity index (χ0v) is 13.5. The highest BCUT2D eigenvalue weighted by Gasteiger charge is 3.13. The number of hydrogen-bond donors (Lipinski definition) is 1. The molecule has 6 aliphatic carbocycles. The molecule has 6 fully saturated rings. The third kappa shape index (κ3) is 0.779. The average molecular weight is 306 g/mol. The van der Waals surface area contributed by atoms with Gasteiger partial charge in [-0.05, 0) is 56.3 Å². The Hall–Kier alpha value is -1.30. The molecular formula is C16H22N2O4. The minimum Gasteiger partial charge on any atom is -0.465 e. The summed E-state index contributed by atoms with van der Waals surface area (Å²) in [5.74, 6) is 2.57. The Morgan fingerprint density at radius 1 is 1.05 bits per heavy atom. The van der Waals surface area contributed by atoms with Crippen LogP contribution in [-0.2, 0) is 9.63 Å². The van der Waals surface area contributed by atoms with Gasteiger partial charge in [0.25, 0.3) is 5.91 Å². The second-order valence-electron chi connectivity index (χ2n) is 8.75. The van der Waals surface area contributed by atoms with Crippen molar-refractivity contribution < 1.29 is 19.5 Å². The number of carbonyl (C=O) groups is 2. The summed E-state index contributed by atoms with van der Waals surface area (Å²) in [7, 11) is 3.20. The van der Waals surface area contributed by atoms with Gasteiger partial charge in [-0.2, -0.15) is 0 Å². The zero-order chi connectivity index (χ0) is 16.0. The molecule has 0 spiro atoms. The van der Waals surface area contributed by atoms with Crippen molar-refractivity contribution >= 4 is 12.0 Å². The van der Waals surface area contributed by atoms with E-state index in [9.17, 15) is 14.7 Å². The summed E-state index contributed by atoms with van der Waals surface area (Å²) in [4.78, 5) is 31.3. The predicted molar refractivity (Wildman–Crippen MR) is 75.5 cm³/mol. The highest BCUT2D eigenvalue weighted by Crippen LogP contribution is 3.08. The molecular weight excluding hydrogens is 284 g/mol. The lowest BCUT2D eigenvalue weighted by Gasteiger charge is -3.11. The number of carbonyl (C=O) groups excluding carboxylic acids is 1. The van der Waals surface area contributed by atoms with E-state index >= 15 is 0 Å². The van der Waals surface area contributed by atoms with E-state index in [4.69, 9.17) is 4.84 Å². The molecule has 1 N–H and O–H groups in total. The van der Waals surface area contributed by atoms with Crippen molar-refractivity contribution in [2.24, 2.45) is 40.9 Å². The third-order valence-corrected chi connectivity index (χ3v) is 7.76. The summed E-state index contributed by atoms with van der Waals surface area (Å²) in [5, 5.41) is 11.1. The van der Waals surface area contributed by atoms with Crippen LogP contribution in [0.4, 0.5) is 4.79 Å². The predicted octanol–water partition coefficient (Wildman–Crippen LogP) is 1.28. The van der Waals surface area contributed by atoms with E-state index in [2.05, 4.69) is 0 Å². The first-order valence-corrected chi connectivity index (χ1v) is 8.05. The molecule has 0 aromatic carbocycles. The van der Waals surface area contributed by atoms with Crippen LogP contribution in [0.25, 0.3) is 0 Å². The van der Waals surface area contributed by atoms with Crippen molar-refractivity contribution in [2.45, 2.75) is 31.8 Å². The number of carboxylic acid groups (broad SMARTS) is 1. The van der Waals surface area contributed by atoms with Gasteiger partial charge in [0.15, 0.2) is 0 Å². The summed E-state index contributed by atoms with van der Waals surface area (Å²) < 4.78 is 0. The maximum Gasteiger partial charge on any atom is 0.408 e. The monoisotopic (exact) mass is 306 g/mol. The van der Waals surface area contributed by atoms with Crippen LogP contribution in [0, 0.1) is 40.9 Å². The van der Waals surface area contributed by atoms with Crippen molar-refractivity contribution in [1.82, 2.24) is 9.96 Å². The second-order valence-corrected chi connectivity index (χ2v) is 8.75. The van der Waals surface area contributed by atoms with Gasteiger partial charge in [0.05, 0.1) is 18.1 Å². The van der Waals surface area contributed by atoms with Crippen molar-refractivity contribution in [3.05, 3.63) is 0 Å². The Kier molecular flexibility index (Phi) is 1.81. The van der Waals surface area contributed by atoms with Gasteiger partial charge in [-0.1, -0.05) is 0 Å². The zero-order valence-electron chi connectivity index (χ0n) is 13.5. The molecule has 120 valence electrons. The minimum absolute atomic E-state index is 0.115. The Morgan fingerprint density at radius 3 is 1.82 bits per heavy atom. The Balaban J connectivity index is 1.46. The van der Waals surface area contributed by atoms with Crippen molar-refractivity contribution in [3.8, 4) is 0 Å². The standard InChI is InChI=1S/C16H22N2O4/c1-14(2,3)18(13(20)21)16-9-6-10(16)8-11(16)7(9)15(6,8)12(19)17(4)22-5/h6-11H,1-5H3,(H,20,21). The molecule has 6 rings (SSSR count). The summed E-state index contributed by atoms with van der Waals surface area (Å²) in [6.07, 6.45) is -0.808. The van der Waals surface area contributed by atoms with Crippen LogP contribution in [0.2, 0.25) is 0 Å². The fourth-order valence-corrected chi connectivity index (χ4v) is 7.73. The van der Waals surface area contributed by atoms with Gasteiger partial charge in [-0.15, -0.1) is 0 Å².